The third kappa shape index (κ3) is 4.96. The van der Waals surface area contributed by atoms with Gasteiger partial charge in [-0.1, -0.05) is 12.1 Å². The minimum Gasteiger partial charge on any atom is -0.444 e. The van der Waals surface area contributed by atoms with E-state index >= 15 is 0 Å². The largest absolute Gasteiger partial charge is 0.444 e. The Morgan fingerprint density at radius 3 is 2.72 bits per heavy atom. The molecule has 1 aliphatic carbocycles. The molecule has 1 saturated heterocycles. The summed E-state index contributed by atoms with van der Waals surface area (Å²) in [6.07, 6.45) is 4.10. The third-order valence-electron chi connectivity index (χ3n) is 7.50. The highest BCUT2D eigenvalue weighted by Crippen LogP contribution is 2.55. The molecule has 0 atom stereocenters. The van der Waals surface area contributed by atoms with Gasteiger partial charge in [0.05, 0.1) is 15.9 Å². The second kappa shape index (κ2) is 9.37. The molecule has 3 aromatic heterocycles. The van der Waals surface area contributed by atoms with Gasteiger partial charge in [-0.25, -0.2) is 9.78 Å². The number of ether oxygens (including phenoxy) is 1. The fourth-order valence-electron chi connectivity index (χ4n) is 5.75. The number of aromatic nitrogens is 3. The van der Waals surface area contributed by atoms with Crippen molar-refractivity contribution in [3.63, 3.8) is 0 Å². The molecule has 0 unspecified atom stereocenters. The number of imidazole rings is 1. The predicted molar refractivity (Wildman–Crippen MR) is 151 cm³/mol. The highest BCUT2D eigenvalue weighted by Gasteiger charge is 2.51. The second-order valence-corrected chi connectivity index (χ2v) is 12.7. The molecule has 4 heterocycles. The molecule has 202 valence electrons. The minimum absolute atomic E-state index is 0.0599. The van der Waals surface area contributed by atoms with E-state index in [1.807, 2.05) is 62.1 Å². The van der Waals surface area contributed by atoms with Gasteiger partial charge in [0.1, 0.15) is 5.60 Å². The van der Waals surface area contributed by atoms with E-state index in [0.717, 1.165) is 40.7 Å². The van der Waals surface area contributed by atoms with Gasteiger partial charge in [-0.2, -0.15) is 0 Å². The Bertz CT molecular complexity index is 1620. The summed E-state index contributed by atoms with van der Waals surface area (Å²) in [7, 11) is 0. The Balaban J connectivity index is 1.20. The molecule has 1 aliphatic heterocycles. The average molecular weight is 546 g/mol. The Hall–Kier alpha value is -3.92. The molecular formula is C29H31N5O4S. The number of carbonyl (C=O) groups is 2. The van der Waals surface area contributed by atoms with E-state index in [9.17, 15) is 14.4 Å². The molecule has 4 aromatic rings. The predicted octanol–water partition coefficient (Wildman–Crippen LogP) is 5.67. The van der Waals surface area contributed by atoms with E-state index in [-0.39, 0.29) is 29.0 Å². The molecule has 0 radical (unpaired) electrons. The van der Waals surface area contributed by atoms with Crippen LogP contribution in [-0.4, -0.2) is 50.1 Å². The van der Waals surface area contributed by atoms with E-state index in [1.54, 1.807) is 12.3 Å². The molecule has 9 nitrogen and oxygen atoms in total. The van der Waals surface area contributed by atoms with Crippen molar-refractivity contribution in [2.24, 2.45) is 5.41 Å². The van der Waals surface area contributed by atoms with Crippen molar-refractivity contribution in [1.29, 1.82) is 0 Å². The molecule has 39 heavy (non-hydrogen) atoms. The number of nitrogens with zero attached hydrogens (tertiary/aromatic N) is 3. The van der Waals surface area contributed by atoms with Crippen molar-refractivity contribution >= 4 is 40.3 Å². The van der Waals surface area contributed by atoms with Crippen LogP contribution in [-0.2, 0) is 4.74 Å². The number of hydrogen-bond acceptors (Lipinski definition) is 6. The Labute approximate surface area is 229 Å². The van der Waals surface area contributed by atoms with Crippen LogP contribution in [0, 0.1) is 5.41 Å². The van der Waals surface area contributed by atoms with Gasteiger partial charge in [-0.3, -0.25) is 14.9 Å². The molecule has 1 saturated carbocycles. The van der Waals surface area contributed by atoms with Gasteiger partial charge in [-0.05, 0) is 81.3 Å². The summed E-state index contributed by atoms with van der Waals surface area (Å²) in [4.78, 5) is 48.2. The van der Waals surface area contributed by atoms with Gasteiger partial charge < -0.3 is 19.2 Å². The number of H-pyrrole nitrogens is 1. The summed E-state index contributed by atoms with van der Waals surface area (Å²) < 4.78 is 7.73. The van der Waals surface area contributed by atoms with Gasteiger partial charge >= 0.3 is 6.09 Å². The summed E-state index contributed by atoms with van der Waals surface area (Å²) in [6, 6.07) is 15.0. The maximum atomic E-state index is 13.3. The van der Waals surface area contributed by atoms with E-state index in [0.29, 0.717) is 23.9 Å². The van der Waals surface area contributed by atoms with Gasteiger partial charge in [0, 0.05) is 36.3 Å². The number of rotatable bonds is 4. The highest BCUT2D eigenvalue weighted by molar-refractivity contribution is 7.17. The number of fused-ring (bicyclic) bond motifs is 1. The van der Waals surface area contributed by atoms with Crippen molar-refractivity contribution in [3.05, 3.63) is 70.0 Å². The summed E-state index contributed by atoms with van der Waals surface area (Å²) in [5, 5.41) is 3.04. The lowest BCUT2D eigenvalue weighted by atomic mass is 9.65. The number of aromatic amines is 1. The zero-order valence-corrected chi connectivity index (χ0v) is 23.0. The van der Waals surface area contributed by atoms with Crippen LogP contribution in [0.3, 0.4) is 0 Å². The number of para-hydroxylation sites is 2. The summed E-state index contributed by atoms with van der Waals surface area (Å²) >= 11 is 1.33. The van der Waals surface area contributed by atoms with Crippen LogP contribution >= 0.6 is 11.3 Å². The molecule has 1 aromatic carbocycles. The maximum absolute atomic E-state index is 13.3. The molecule has 2 fully saturated rings. The summed E-state index contributed by atoms with van der Waals surface area (Å²) in [5.41, 5.74) is 1.93. The standard InChI is InChI=1S/C29H31N5O4S/c1-28(2,3)38-27(37)33-13-11-29(17-33)15-19(16-29)34-21-7-5-4-6-20(21)31-26(34)32-25(36)23-9-8-22(39-23)18-10-12-30-24(35)14-18/h4-10,12,14,19H,11,13,15-17H2,1-3H3,(H,30,35)(H,31,32,36). The monoisotopic (exact) mass is 545 g/mol. The van der Waals surface area contributed by atoms with Gasteiger partial charge in [0.25, 0.3) is 5.91 Å². The number of pyridine rings is 1. The highest BCUT2D eigenvalue weighted by atomic mass is 32.1. The SMILES string of the molecule is CC(C)(C)OC(=O)N1CCC2(CC(n3c(NC(=O)c4ccc(-c5cc[nH]c(=O)c5)s4)nc4ccccc43)C2)C1. The normalized spacial score (nSPS) is 20.8. The zero-order chi connectivity index (χ0) is 27.4. The van der Waals surface area contributed by atoms with Crippen molar-refractivity contribution < 1.29 is 14.3 Å². The molecular weight excluding hydrogens is 514 g/mol. The maximum Gasteiger partial charge on any atom is 0.410 e. The lowest BCUT2D eigenvalue weighted by Crippen LogP contribution is -2.43. The third-order valence-corrected chi connectivity index (χ3v) is 8.64. The van der Waals surface area contributed by atoms with Crippen LogP contribution in [0.15, 0.2) is 59.5 Å². The lowest BCUT2D eigenvalue weighted by Gasteiger charge is -2.46. The Morgan fingerprint density at radius 1 is 1.15 bits per heavy atom. The minimum atomic E-state index is -0.514. The van der Waals surface area contributed by atoms with Crippen molar-refractivity contribution in [2.75, 3.05) is 18.4 Å². The first-order valence-electron chi connectivity index (χ1n) is 13.1. The molecule has 10 heteroatoms. The van der Waals surface area contributed by atoms with E-state index in [4.69, 9.17) is 9.72 Å². The van der Waals surface area contributed by atoms with E-state index in [1.165, 1.54) is 17.4 Å². The van der Waals surface area contributed by atoms with Crippen LogP contribution in [0.25, 0.3) is 21.5 Å². The number of carbonyl (C=O) groups excluding carboxylic acids is 2. The van der Waals surface area contributed by atoms with Crippen LogP contribution in [0.4, 0.5) is 10.7 Å². The van der Waals surface area contributed by atoms with E-state index in [2.05, 4.69) is 14.9 Å². The van der Waals surface area contributed by atoms with Crippen molar-refractivity contribution in [1.82, 2.24) is 19.4 Å². The number of amides is 2. The zero-order valence-electron chi connectivity index (χ0n) is 22.2. The molecule has 2 aliphatic rings. The molecule has 1 spiro atoms. The van der Waals surface area contributed by atoms with Crippen molar-refractivity contribution in [3.8, 4) is 10.4 Å². The van der Waals surface area contributed by atoms with Gasteiger partial charge in [0.15, 0.2) is 0 Å². The van der Waals surface area contributed by atoms with Gasteiger partial charge in [-0.15, -0.1) is 11.3 Å². The molecule has 6 rings (SSSR count). The van der Waals surface area contributed by atoms with Crippen LogP contribution < -0.4 is 10.9 Å². The first-order chi connectivity index (χ1) is 18.6. The van der Waals surface area contributed by atoms with Crippen LogP contribution in [0.5, 0.6) is 0 Å². The quantitative estimate of drug-likeness (QED) is 0.344. The number of likely N-dealkylation sites (tertiary alicyclic amines) is 1. The number of anilines is 1. The van der Waals surface area contributed by atoms with Crippen LogP contribution in [0.2, 0.25) is 0 Å². The second-order valence-electron chi connectivity index (χ2n) is 11.6. The smallest absolute Gasteiger partial charge is 0.410 e. The average Bonchev–Trinajstić information content (AvgIpc) is 3.59. The summed E-state index contributed by atoms with van der Waals surface area (Å²) in [6.45, 7) is 7.04. The number of hydrogen-bond donors (Lipinski definition) is 2. The number of benzene rings is 1. The topological polar surface area (TPSA) is 109 Å². The first-order valence-corrected chi connectivity index (χ1v) is 14.0. The number of nitrogens with one attached hydrogen (secondary N) is 2. The van der Waals surface area contributed by atoms with E-state index < -0.39 is 5.60 Å². The first kappa shape index (κ1) is 25.4. The van der Waals surface area contributed by atoms with Crippen molar-refractivity contribution in [2.45, 2.75) is 51.7 Å². The van der Waals surface area contributed by atoms with Gasteiger partial charge in [0.2, 0.25) is 11.5 Å². The van der Waals surface area contributed by atoms with Crippen LogP contribution in [0.1, 0.15) is 55.7 Å². The molecule has 2 amide bonds. The molecule has 2 N–H and O–H groups in total. The Kier molecular flexibility index (Phi) is 6.10. The lowest BCUT2D eigenvalue weighted by molar-refractivity contribution is 0.0199. The fraction of sp³-hybridized carbons (Fsp3) is 0.379. The summed E-state index contributed by atoms with van der Waals surface area (Å²) in [5.74, 6) is 0.285. The Morgan fingerprint density at radius 2 is 1.95 bits per heavy atom. The molecule has 0 bridgehead atoms. The fourth-order valence-corrected chi connectivity index (χ4v) is 6.65. The number of thiophene rings is 1.